The standard InChI is InChI=1S/C42H24N2OS/c1-3-10-37-31(6-1)33-9-5-8-30(42(33)45-37)25-12-14-26(15-13-25)35-21-18-27-16-17-28-19-22-36(44-41(28)40(27)43-35)29-20-23-39-34(24-29)32-7-2-4-11-38(32)46-39/h1-24H. The molecule has 6 aromatic carbocycles. The summed E-state index contributed by atoms with van der Waals surface area (Å²) in [6.45, 7) is 0. The Hall–Kier alpha value is -5.84. The van der Waals surface area contributed by atoms with Crippen LogP contribution in [0, 0.1) is 0 Å². The van der Waals surface area contributed by atoms with Crippen LogP contribution in [0.15, 0.2) is 150 Å². The van der Waals surface area contributed by atoms with Crippen LogP contribution in [0.25, 0.3) is 97.6 Å². The first-order valence-electron chi connectivity index (χ1n) is 15.4. The van der Waals surface area contributed by atoms with Crippen molar-refractivity contribution in [2.24, 2.45) is 0 Å². The quantitative estimate of drug-likeness (QED) is 0.188. The van der Waals surface area contributed by atoms with E-state index in [-0.39, 0.29) is 0 Å². The van der Waals surface area contributed by atoms with Gasteiger partial charge < -0.3 is 4.42 Å². The third kappa shape index (κ3) is 3.91. The van der Waals surface area contributed by atoms with Crippen LogP contribution >= 0.6 is 11.3 Å². The fraction of sp³-hybridized carbons (Fsp3) is 0. The van der Waals surface area contributed by atoms with E-state index < -0.39 is 0 Å². The highest BCUT2D eigenvalue weighted by molar-refractivity contribution is 7.25. The summed E-state index contributed by atoms with van der Waals surface area (Å²) < 4.78 is 8.90. The van der Waals surface area contributed by atoms with Gasteiger partial charge in [-0.3, -0.25) is 0 Å². The van der Waals surface area contributed by atoms with E-state index >= 15 is 0 Å². The second-order valence-electron chi connectivity index (χ2n) is 11.8. The summed E-state index contributed by atoms with van der Waals surface area (Å²) in [5, 5.41) is 7.00. The van der Waals surface area contributed by atoms with Crippen LogP contribution in [0.2, 0.25) is 0 Å². The zero-order chi connectivity index (χ0) is 30.2. The molecule has 0 N–H and O–H groups in total. The van der Waals surface area contributed by atoms with E-state index in [2.05, 4.69) is 133 Å². The number of para-hydroxylation sites is 2. The Balaban J connectivity index is 1.06. The summed E-state index contributed by atoms with van der Waals surface area (Å²) in [6.07, 6.45) is 0. The number of aromatic nitrogens is 2. The first-order chi connectivity index (χ1) is 22.8. The molecule has 214 valence electrons. The molecule has 4 aromatic heterocycles. The summed E-state index contributed by atoms with van der Waals surface area (Å²) in [6, 6.07) is 51.3. The highest BCUT2D eigenvalue weighted by Gasteiger charge is 2.14. The minimum atomic E-state index is 0.909. The molecule has 0 bridgehead atoms. The van der Waals surface area contributed by atoms with E-state index in [9.17, 15) is 0 Å². The fourth-order valence-electron chi connectivity index (χ4n) is 6.77. The fourth-order valence-corrected chi connectivity index (χ4v) is 7.86. The molecule has 0 saturated heterocycles. The molecule has 0 fully saturated rings. The molecule has 3 nitrogen and oxygen atoms in total. The number of fused-ring (bicyclic) bond motifs is 9. The highest BCUT2D eigenvalue weighted by Crippen LogP contribution is 2.38. The van der Waals surface area contributed by atoms with Crippen LogP contribution in [0.5, 0.6) is 0 Å². The van der Waals surface area contributed by atoms with Crippen molar-refractivity contribution in [3.8, 4) is 33.6 Å². The van der Waals surface area contributed by atoms with Gasteiger partial charge in [0.1, 0.15) is 11.2 Å². The van der Waals surface area contributed by atoms with Crippen molar-refractivity contribution < 1.29 is 4.42 Å². The SMILES string of the molecule is c1ccc2c(c1)oc1c(-c3ccc(-c4ccc5ccc6ccc(-c7ccc8sc9ccccc9c8c7)nc6c5n4)cc3)cccc12. The Kier molecular flexibility index (Phi) is 5.45. The Morgan fingerprint density at radius 3 is 1.85 bits per heavy atom. The molecule has 46 heavy (non-hydrogen) atoms. The number of nitrogens with zero attached hydrogens (tertiary/aromatic N) is 2. The molecule has 0 aliphatic rings. The normalized spacial score (nSPS) is 11.9. The number of benzene rings is 6. The lowest BCUT2D eigenvalue weighted by molar-refractivity contribution is 0.670. The molecule has 0 aliphatic heterocycles. The first kappa shape index (κ1) is 25.5. The zero-order valence-corrected chi connectivity index (χ0v) is 25.4. The molecule has 10 aromatic rings. The lowest BCUT2D eigenvalue weighted by Crippen LogP contribution is -1.91. The predicted octanol–water partition coefficient (Wildman–Crippen LogP) is 12.1. The number of hydrogen-bond acceptors (Lipinski definition) is 4. The van der Waals surface area contributed by atoms with Gasteiger partial charge in [0.15, 0.2) is 0 Å². The van der Waals surface area contributed by atoms with Gasteiger partial charge in [0.25, 0.3) is 0 Å². The van der Waals surface area contributed by atoms with Gasteiger partial charge in [0, 0.05) is 58.4 Å². The van der Waals surface area contributed by atoms with E-state index in [4.69, 9.17) is 14.4 Å². The molecule has 0 unspecified atom stereocenters. The Labute approximate surface area is 268 Å². The molecule has 0 amide bonds. The van der Waals surface area contributed by atoms with Gasteiger partial charge in [0.2, 0.25) is 0 Å². The Morgan fingerprint density at radius 1 is 0.435 bits per heavy atom. The average Bonchev–Trinajstić information content (AvgIpc) is 3.69. The van der Waals surface area contributed by atoms with E-state index in [0.29, 0.717) is 0 Å². The van der Waals surface area contributed by atoms with Gasteiger partial charge in [-0.05, 0) is 42.0 Å². The molecule has 0 aliphatic carbocycles. The van der Waals surface area contributed by atoms with Crippen molar-refractivity contribution in [1.82, 2.24) is 9.97 Å². The number of pyridine rings is 2. The first-order valence-corrected chi connectivity index (χ1v) is 16.2. The second-order valence-corrected chi connectivity index (χ2v) is 12.9. The van der Waals surface area contributed by atoms with Crippen molar-refractivity contribution >= 4 is 75.3 Å². The van der Waals surface area contributed by atoms with Crippen molar-refractivity contribution in [1.29, 1.82) is 0 Å². The van der Waals surface area contributed by atoms with Crippen molar-refractivity contribution in [3.05, 3.63) is 146 Å². The van der Waals surface area contributed by atoms with E-state index in [1.165, 1.54) is 20.2 Å². The average molecular weight is 605 g/mol. The van der Waals surface area contributed by atoms with Gasteiger partial charge in [-0.15, -0.1) is 11.3 Å². The molecule has 0 saturated carbocycles. The molecule has 4 heteroatoms. The second kappa shape index (κ2) is 9.83. The van der Waals surface area contributed by atoms with Crippen LogP contribution in [-0.2, 0) is 0 Å². The summed E-state index contributed by atoms with van der Waals surface area (Å²) >= 11 is 1.83. The molecular weight excluding hydrogens is 581 g/mol. The van der Waals surface area contributed by atoms with Gasteiger partial charge >= 0.3 is 0 Å². The molecule has 0 spiro atoms. The van der Waals surface area contributed by atoms with Gasteiger partial charge in [-0.2, -0.15) is 0 Å². The maximum atomic E-state index is 6.30. The van der Waals surface area contributed by atoms with Crippen LogP contribution in [0.3, 0.4) is 0 Å². The van der Waals surface area contributed by atoms with Crippen LogP contribution in [0.4, 0.5) is 0 Å². The van der Waals surface area contributed by atoms with Crippen LogP contribution in [-0.4, -0.2) is 9.97 Å². The molecule has 0 radical (unpaired) electrons. The predicted molar refractivity (Wildman–Crippen MR) is 194 cm³/mol. The number of furan rings is 1. The lowest BCUT2D eigenvalue weighted by atomic mass is 10.00. The van der Waals surface area contributed by atoms with Crippen LogP contribution in [0.1, 0.15) is 0 Å². The highest BCUT2D eigenvalue weighted by atomic mass is 32.1. The van der Waals surface area contributed by atoms with Crippen molar-refractivity contribution in [2.45, 2.75) is 0 Å². The molecule has 4 heterocycles. The summed E-state index contributed by atoms with van der Waals surface area (Å²) in [7, 11) is 0. The summed E-state index contributed by atoms with van der Waals surface area (Å²) in [5.41, 5.74) is 9.90. The summed E-state index contributed by atoms with van der Waals surface area (Å²) in [5.74, 6) is 0. The monoisotopic (exact) mass is 604 g/mol. The Morgan fingerprint density at radius 2 is 1.04 bits per heavy atom. The number of hydrogen-bond donors (Lipinski definition) is 0. The van der Waals surface area contributed by atoms with Gasteiger partial charge in [-0.1, -0.05) is 109 Å². The third-order valence-electron chi connectivity index (χ3n) is 9.09. The zero-order valence-electron chi connectivity index (χ0n) is 24.6. The van der Waals surface area contributed by atoms with Gasteiger partial charge in [0.05, 0.1) is 22.4 Å². The van der Waals surface area contributed by atoms with Gasteiger partial charge in [-0.25, -0.2) is 9.97 Å². The van der Waals surface area contributed by atoms with E-state index in [1.807, 2.05) is 23.5 Å². The van der Waals surface area contributed by atoms with Crippen LogP contribution < -0.4 is 0 Å². The Bertz CT molecular complexity index is 2810. The van der Waals surface area contributed by atoms with E-state index in [1.54, 1.807) is 0 Å². The smallest absolute Gasteiger partial charge is 0.143 e. The maximum Gasteiger partial charge on any atom is 0.143 e. The molecule has 10 rings (SSSR count). The topological polar surface area (TPSA) is 38.9 Å². The maximum absolute atomic E-state index is 6.30. The number of rotatable bonds is 3. The molecule has 0 atom stereocenters. The number of thiophene rings is 1. The third-order valence-corrected chi connectivity index (χ3v) is 10.2. The minimum absolute atomic E-state index is 0.909. The minimum Gasteiger partial charge on any atom is -0.455 e. The van der Waals surface area contributed by atoms with Crippen molar-refractivity contribution in [3.63, 3.8) is 0 Å². The van der Waals surface area contributed by atoms with Crippen molar-refractivity contribution in [2.75, 3.05) is 0 Å². The lowest BCUT2D eigenvalue weighted by Gasteiger charge is -2.09. The largest absolute Gasteiger partial charge is 0.455 e. The molecular formula is C42H24N2OS. The summed E-state index contributed by atoms with van der Waals surface area (Å²) in [4.78, 5) is 10.4. The van der Waals surface area contributed by atoms with E-state index in [0.717, 1.165) is 77.4 Å².